The third-order valence-corrected chi connectivity index (χ3v) is 2.29. The van der Waals surface area contributed by atoms with Crippen LogP contribution < -0.4 is 0 Å². The van der Waals surface area contributed by atoms with Crippen molar-refractivity contribution in [3.8, 4) is 0 Å². The Morgan fingerprint density at radius 1 is 1.19 bits per heavy atom. The molecule has 0 radical (unpaired) electrons. The number of benzene rings is 1. The van der Waals surface area contributed by atoms with Crippen molar-refractivity contribution in [1.29, 1.82) is 0 Å². The molecule has 1 aromatic carbocycles. The Kier molecular flexibility index (Phi) is 2.96. The topological polar surface area (TPSA) is 49.7 Å². The molecule has 1 aliphatic rings. The molecule has 0 aromatic heterocycles. The van der Waals surface area contributed by atoms with E-state index in [0.29, 0.717) is 0 Å². The van der Waals surface area contributed by atoms with E-state index in [9.17, 15) is 4.79 Å². The number of rotatable bonds is 3. The van der Waals surface area contributed by atoms with Crippen LogP contribution in [0.5, 0.6) is 0 Å². The number of aromatic carboxylic acids is 1. The van der Waals surface area contributed by atoms with Crippen molar-refractivity contribution in [2.45, 2.75) is 0 Å². The third-order valence-electron chi connectivity index (χ3n) is 2.29. The first-order valence-electron chi connectivity index (χ1n) is 4.98. The van der Waals surface area contributed by atoms with Gasteiger partial charge >= 0.3 is 5.97 Å². The summed E-state index contributed by atoms with van der Waals surface area (Å²) in [7, 11) is 0. The molecule has 2 rings (SSSR count). The highest BCUT2D eigenvalue weighted by Gasteiger charge is 2.01. The second-order valence-corrected chi connectivity index (χ2v) is 3.48. The van der Waals surface area contributed by atoms with Gasteiger partial charge in [0, 0.05) is 12.1 Å². The van der Waals surface area contributed by atoms with Crippen molar-refractivity contribution >= 4 is 17.9 Å². The van der Waals surface area contributed by atoms with Crippen molar-refractivity contribution in [1.82, 2.24) is 0 Å². The van der Waals surface area contributed by atoms with E-state index in [-0.39, 0.29) is 11.5 Å². The van der Waals surface area contributed by atoms with Crippen LogP contribution in [0.3, 0.4) is 0 Å². The molecule has 0 atom stereocenters. The standard InChI is InChI=1S/C13H11NO2/c15-13(16)11-5-7-12(8-6-11)14-9-10-3-1-2-4-10/h1-10H,(H,15,16). The highest BCUT2D eigenvalue weighted by atomic mass is 16.4. The van der Waals surface area contributed by atoms with E-state index in [1.54, 1.807) is 24.3 Å². The molecule has 0 spiro atoms. The van der Waals surface area contributed by atoms with Gasteiger partial charge in [-0.2, -0.15) is 0 Å². The van der Waals surface area contributed by atoms with Crippen molar-refractivity contribution in [3.63, 3.8) is 0 Å². The van der Waals surface area contributed by atoms with Gasteiger partial charge in [0.15, 0.2) is 0 Å². The lowest BCUT2D eigenvalue weighted by atomic mass is 10.2. The van der Waals surface area contributed by atoms with E-state index in [0.717, 1.165) is 5.69 Å². The maximum Gasteiger partial charge on any atom is 0.335 e. The molecule has 16 heavy (non-hydrogen) atoms. The Hall–Kier alpha value is -2.16. The monoisotopic (exact) mass is 213 g/mol. The van der Waals surface area contributed by atoms with Crippen LogP contribution >= 0.6 is 0 Å². The van der Waals surface area contributed by atoms with Gasteiger partial charge in [-0.3, -0.25) is 4.99 Å². The minimum atomic E-state index is -0.919. The quantitative estimate of drug-likeness (QED) is 0.785. The molecule has 0 saturated heterocycles. The van der Waals surface area contributed by atoms with Crippen molar-refractivity contribution in [3.05, 3.63) is 54.1 Å². The molecule has 0 aliphatic heterocycles. The summed E-state index contributed by atoms with van der Waals surface area (Å²) >= 11 is 0. The van der Waals surface area contributed by atoms with Gasteiger partial charge in [0.2, 0.25) is 0 Å². The van der Waals surface area contributed by atoms with Crippen molar-refractivity contribution in [2.24, 2.45) is 10.9 Å². The van der Waals surface area contributed by atoms with Gasteiger partial charge in [0.05, 0.1) is 11.3 Å². The molecule has 80 valence electrons. The normalized spacial score (nSPS) is 15.0. The number of nitrogens with zero attached hydrogens (tertiary/aromatic N) is 1. The molecular formula is C13H11NO2. The molecule has 1 N–H and O–H groups in total. The van der Waals surface area contributed by atoms with Crippen LogP contribution in [-0.2, 0) is 0 Å². The highest BCUT2D eigenvalue weighted by Crippen LogP contribution is 2.14. The van der Waals surface area contributed by atoms with Crippen LogP contribution in [0, 0.1) is 5.92 Å². The molecule has 3 heteroatoms. The van der Waals surface area contributed by atoms with E-state index < -0.39 is 5.97 Å². The molecule has 0 bridgehead atoms. The largest absolute Gasteiger partial charge is 0.478 e. The summed E-state index contributed by atoms with van der Waals surface area (Å²) in [6, 6.07) is 6.50. The maximum absolute atomic E-state index is 10.6. The number of carboxylic acid groups (broad SMARTS) is 1. The summed E-state index contributed by atoms with van der Waals surface area (Å²) in [6.45, 7) is 0. The van der Waals surface area contributed by atoms with Crippen molar-refractivity contribution < 1.29 is 9.90 Å². The Morgan fingerprint density at radius 3 is 2.38 bits per heavy atom. The molecule has 1 aliphatic carbocycles. The summed E-state index contributed by atoms with van der Waals surface area (Å²) in [6.07, 6.45) is 9.86. The van der Waals surface area contributed by atoms with E-state index in [1.165, 1.54) is 0 Å². The maximum atomic E-state index is 10.6. The van der Waals surface area contributed by atoms with Gasteiger partial charge in [-0.05, 0) is 24.3 Å². The first-order chi connectivity index (χ1) is 7.75. The summed E-state index contributed by atoms with van der Waals surface area (Å²) in [5.41, 5.74) is 1.04. The summed E-state index contributed by atoms with van der Waals surface area (Å²) in [5.74, 6) is -0.670. The first-order valence-corrected chi connectivity index (χ1v) is 4.98. The van der Waals surface area contributed by atoms with Gasteiger partial charge in [-0.1, -0.05) is 24.3 Å². The van der Waals surface area contributed by atoms with Gasteiger partial charge < -0.3 is 5.11 Å². The van der Waals surface area contributed by atoms with E-state index >= 15 is 0 Å². The van der Waals surface area contributed by atoms with E-state index in [1.807, 2.05) is 30.5 Å². The fourth-order valence-electron chi connectivity index (χ4n) is 1.41. The average Bonchev–Trinajstić information content (AvgIpc) is 2.80. The van der Waals surface area contributed by atoms with Crippen LogP contribution in [-0.4, -0.2) is 17.3 Å². The van der Waals surface area contributed by atoms with Gasteiger partial charge in [0.25, 0.3) is 0 Å². The second kappa shape index (κ2) is 4.57. The lowest BCUT2D eigenvalue weighted by Gasteiger charge is -1.97. The SMILES string of the molecule is O=C(O)c1ccc(N=CC2C=CC=C2)cc1. The van der Waals surface area contributed by atoms with Crippen LogP contribution in [0.25, 0.3) is 0 Å². The minimum Gasteiger partial charge on any atom is -0.478 e. The van der Waals surface area contributed by atoms with Crippen molar-refractivity contribution in [2.75, 3.05) is 0 Å². The predicted octanol–water partition coefficient (Wildman–Crippen LogP) is 2.83. The number of carbonyl (C=O) groups is 1. The van der Waals surface area contributed by atoms with Crippen LogP contribution in [0.1, 0.15) is 10.4 Å². The smallest absolute Gasteiger partial charge is 0.335 e. The molecule has 0 saturated carbocycles. The van der Waals surface area contributed by atoms with Gasteiger partial charge in [-0.15, -0.1) is 0 Å². The predicted molar refractivity (Wildman–Crippen MR) is 63.3 cm³/mol. The zero-order valence-corrected chi connectivity index (χ0v) is 8.58. The zero-order chi connectivity index (χ0) is 11.4. The zero-order valence-electron chi connectivity index (χ0n) is 8.58. The fourth-order valence-corrected chi connectivity index (χ4v) is 1.41. The highest BCUT2D eigenvalue weighted by molar-refractivity contribution is 5.88. The van der Waals surface area contributed by atoms with Crippen LogP contribution in [0.15, 0.2) is 53.6 Å². The van der Waals surface area contributed by atoms with Crippen LogP contribution in [0.2, 0.25) is 0 Å². The van der Waals surface area contributed by atoms with E-state index in [4.69, 9.17) is 5.11 Å². The van der Waals surface area contributed by atoms with Gasteiger partial charge in [-0.25, -0.2) is 4.79 Å². The van der Waals surface area contributed by atoms with Crippen LogP contribution in [0.4, 0.5) is 5.69 Å². The minimum absolute atomic E-state index is 0.249. The lowest BCUT2D eigenvalue weighted by Crippen LogP contribution is -1.94. The number of hydrogen-bond donors (Lipinski definition) is 1. The molecule has 1 aromatic rings. The number of hydrogen-bond acceptors (Lipinski definition) is 2. The molecule has 3 nitrogen and oxygen atoms in total. The fraction of sp³-hybridized carbons (Fsp3) is 0.0769. The Labute approximate surface area is 93.5 Å². The Bertz CT molecular complexity index is 457. The summed E-state index contributed by atoms with van der Waals surface area (Å²) < 4.78 is 0. The number of carboxylic acids is 1. The second-order valence-electron chi connectivity index (χ2n) is 3.48. The molecule has 0 unspecified atom stereocenters. The summed E-state index contributed by atoms with van der Waals surface area (Å²) in [5, 5.41) is 8.72. The lowest BCUT2D eigenvalue weighted by molar-refractivity contribution is 0.0697. The van der Waals surface area contributed by atoms with E-state index in [2.05, 4.69) is 4.99 Å². The summed E-state index contributed by atoms with van der Waals surface area (Å²) in [4.78, 5) is 14.9. The Morgan fingerprint density at radius 2 is 1.81 bits per heavy atom. The average molecular weight is 213 g/mol. The third kappa shape index (κ3) is 2.45. The molecule has 0 fully saturated rings. The number of aliphatic imine (C=N–C) groups is 1. The molecule has 0 heterocycles. The first kappa shape index (κ1) is 10.4. The number of allylic oxidation sites excluding steroid dienone is 4. The molecule has 0 amide bonds. The van der Waals surface area contributed by atoms with Gasteiger partial charge in [0.1, 0.15) is 0 Å². The molecular weight excluding hydrogens is 202 g/mol. The Balaban J connectivity index is 2.07.